The van der Waals surface area contributed by atoms with Gasteiger partial charge in [0.1, 0.15) is 0 Å². The van der Waals surface area contributed by atoms with Crippen LogP contribution in [0, 0.1) is 0 Å². The van der Waals surface area contributed by atoms with E-state index in [4.69, 9.17) is 9.97 Å². The lowest BCUT2D eigenvalue weighted by Gasteiger charge is -2.14. The molecule has 3 heteroatoms. The molecule has 0 fully saturated rings. The van der Waals surface area contributed by atoms with Crippen molar-refractivity contribution in [1.29, 1.82) is 0 Å². The van der Waals surface area contributed by atoms with Crippen LogP contribution in [0.2, 0.25) is 0 Å². The van der Waals surface area contributed by atoms with Crippen LogP contribution in [0.15, 0.2) is 188 Å². The van der Waals surface area contributed by atoms with Gasteiger partial charge in [-0.2, -0.15) is 0 Å². The Morgan fingerprint density at radius 3 is 1.19 bits per heavy atom. The number of benzene rings is 6. The summed E-state index contributed by atoms with van der Waals surface area (Å²) in [5.41, 5.74) is 13.9. The maximum Gasteiger partial charge on any atom is 0.160 e. The summed E-state index contributed by atoms with van der Waals surface area (Å²) in [6.45, 7) is 0. The predicted octanol–water partition coefficient (Wildman–Crippen LogP) is 11.5. The third-order valence-corrected chi connectivity index (χ3v) is 8.55. The SMILES string of the molecule is c1ccc(-c2cc(-c3cccc(-c4cccc(-c5cccnc5)c4)c3)cc(-c3nc(-c4ccccc4)cc(-c4ccccc4)n3)c2)cc1. The van der Waals surface area contributed by atoms with Gasteiger partial charge in [0.15, 0.2) is 5.82 Å². The molecule has 0 saturated heterocycles. The number of hydrogen-bond donors (Lipinski definition) is 0. The molecule has 0 aliphatic heterocycles. The summed E-state index contributed by atoms with van der Waals surface area (Å²) < 4.78 is 0. The van der Waals surface area contributed by atoms with Crippen LogP contribution >= 0.6 is 0 Å². The molecule has 8 rings (SSSR count). The van der Waals surface area contributed by atoms with E-state index in [1.165, 1.54) is 0 Å². The molecular formula is C45H31N3. The van der Waals surface area contributed by atoms with Crippen LogP contribution in [-0.4, -0.2) is 15.0 Å². The topological polar surface area (TPSA) is 38.7 Å². The number of hydrogen-bond acceptors (Lipinski definition) is 3. The number of pyridine rings is 1. The highest BCUT2D eigenvalue weighted by atomic mass is 14.9. The highest BCUT2D eigenvalue weighted by Gasteiger charge is 2.14. The lowest BCUT2D eigenvalue weighted by Crippen LogP contribution is -1.97. The van der Waals surface area contributed by atoms with E-state index in [9.17, 15) is 0 Å². The van der Waals surface area contributed by atoms with Gasteiger partial charge in [-0.3, -0.25) is 4.98 Å². The maximum absolute atomic E-state index is 5.16. The number of nitrogens with zero attached hydrogens (tertiary/aromatic N) is 3. The Balaban J connectivity index is 1.28. The van der Waals surface area contributed by atoms with Crippen LogP contribution in [-0.2, 0) is 0 Å². The fourth-order valence-electron chi connectivity index (χ4n) is 6.10. The first-order valence-electron chi connectivity index (χ1n) is 16.1. The predicted molar refractivity (Wildman–Crippen MR) is 198 cm³/mol. The zero-order valence-electron chi connectivity index (χ0n) is 26.2. The molecule has 0 aliphatic rings. The van der Waals surface area contributed by atoms with E-state index in [1.807, 2.05) is 48.7 Å². The van der Waals surface area contributed by atoms with Crippen LogP contribution in [0.5, 0.6) is 0 Å². The molecule has 0 N–H and O–H groups in total. The van der Waals surface area contributed by atoms with Crippen molar-refractivity contribution in [3.05, 3.63) is 188 Å². The van der Waals surface area contributed by atoms with Crippen molar-refractivity contribution in [1.82, 2.24) is 15.0 Å². The third-order valence-electron chi connectivity index (χ3n) is 8.55. The van der Waals surface area contributed by atoms with Gasteiger partial charge >= 0.3 is 0 Å². The zero-order valence-corrected chi connectivity index (χ0v) is 26.2. The Bertz CT molecular complexity index is 2260. The maximum atomic E-state index is 5.16. The van der Waals surface area contributed by atoms with E-state index in [0.29, 0.717) is 5.82 Å². The molecule has 48 heavy (non-hydrogen) atoms. The Labute approximate surface area is 280 Å². The minimum absolute atomic E-state index is 0.689. The second-order valence-electron chi connectivity index (χ2n) is 11.8. The number of rotatable bonds is 7. The molecule has 0 spiro atoms. The van der Waals surface area contributed by atoms with Gasteiger partial charge in [-0.1, -0.05) is 133 Å². The monoisotopic (exact) mass is 613 g/mol. The van der Waals surface area contributed by atoms with Gasteiger partial charge in [-0.25, -0.2) is 9.97 Å². The molecule has 0 radical (unpaired) electrons. The van der Waals surface area contributed by atoms with Crippen molar-refractivity contribution in [2.45, 2.75) is 0 Å². The highest BCUT2D eigenvalue weighted by molar-refractivity contribution is 5.83. The van der Waals surface area contributed by atoms with Gasteiger partial charge in [-0.05, 0) is 81.4 Å². The van der Waals surface area contributed by atoms with E-state index >= 15 is 0 Å². The quantitative estimate of drug-likeness (QED) is 0.179. The Hall–Kier alpha value is -6.45. The van der Waals surface area contributed by atoms with Crippen LogP contribution in [0.1, 0.15) is 0 Å². The van der Waals surface area contributed by atoms with E-state index < -0.39 is 0 Å². The van der Waals surface area contributed by atoms with Gasteiger partial charge in [-0.15, -0.1) is 0 Å². The summed E-state index contributed by atoms with van der Waals surface area (Å²) in [5.74, 6) is 0.689. The molecule has 8 aromatic rings. The van der Waals surface area contributed by atoms with Crippen molar-refractivity contribution in [3.8, 4) is 78.4 Å². The van der Waals surface area contributed by atoms with Gasteiger partial charge in [0.2, 0.25) is 0 Å². The van der Waals surface area contributed by atoms with Crippen molar-refractivity contribution in [3.63, 3.8) is 0 Å². The molecular weight excluding hydrogens is 583 g/mol. The first-order chi connectivity index (χ1) is 23.8. The first kappa shape index (κ1) is 29.0. The van der Waals surface area contributed by atoms with Crippen LogP contribution in [0.3, 0.4) is 0 Å². The van der Waals surface area contributed by atoms with Crippen molar-refractivity contribution < 1.29 is 0 Å². The Morgan fingerprint density at radius 1 is 0.271 bits per heavy atom. The van der Waals surface area contributed by atoms with Crippen LogP contribution in [0.4, 0.5) is 0 Å². The molecule has 3 nitrogen and oxygen atoms in total. The van der Waals surface area contributed by atoms with Crippen LogP contribution < -0.4 is 0 Å². The molecule has 2 aromatic heterocycles. The van der Waals surface area contributed by atoms with Crippen molar-refractivity contribution >= 4 is 0 Å². The third kappa shape index (κ3) is 6.18. The Kier molecular flexibility index (Phi) is 7.92. The van der Waals surface area contributed by atoms with E-state index in [2.05, 4.69) is 138 Å². The minimum Gasteiger partial charge on any atom is -0.264 e. The first-order valence-corrected chi connectivity index (χ1v) is 16.1. The smallest absolute Gasteiger partial charge is 0.160 e. The molecule has 0 unspecified atom stereocenters. The van der Waals surface area contributed by atoms with E-state index in [1.54, 1.807) is 6.20 Å². The molecule has 2 heterocycles. The normalized spacial score (nSPS) is 10.9. The summed E-state index contributed by atoms with van der Waals surface area (Å²) in [7, 11) is 0. The number of aromatic nitrogens is 3. The van der Waals surface area contributed by atoms with Gasteiger partial charge in [0.05, 0.1) is 11.4 Å². The Morgan fingerprint density at radius 2 is 0.667 bits per heavy atom. The molecule has 0 aliphatic carbocycles. The van der Waals surface area contributed by atoms with Crippen molar-refractivity contribution in [2.24, 2.45) is 0 Å². The lowest BCUT2D eigenvalue weighted by molar-refractivity contribution is 1.18. The largest absolute Gasteiger partial charge is 0.264 e. The van der Waals surface area contributed by atoms with E-state index in [-0.39, 0.29) is 0 Å². The summed E-state index contributed by atoms with van der Waals surface area (Å²) in [6, 6.07) is 61.4. The average Bonchev–Trinajstić information content (AvgIpc) is 3.19. The van der Waals surface area contributed by atoms with E-state index in [0.717, 1.165) is 72.6 Å². The lowest BCUT2D eigenvalue weighted by atomic mass is 9.93. The van der Waals surface area contributed by atoms with Gasteiger partial charge in [0.25, 0.3) is 0 Å². The fourth-order valence-corrected chi connectivity index (χ4v) is 6.10. The second-order valence-corrected chi connectivity index (χ2v) is 11.8. The molecule has 226 valence electrons. The zero-order chi connectivity index (χ0) is 32.1. The van der Waals surface area contributed by atoms with Gasteiger partial charge < -0.3 is 0 Å². The molecule has 0 atom stereocenters. The van der Waals surface area contributed by atoms with Crippen LogP contribution in [0.25, 0.3) is 78.4 Å². The summed E-state index contributed by atoms with van der Waals surface area (Å²) in [5, 5.41) is 0. The second kappa shape index (κ2) is 13.1. The standard InChI is InChI=1S/C45H31N3/c1-4-13-32(14-5-1)40-27-41(38-22-11-20-36(26-38)35-19-10-21-37(25-35)39-23-12-24-46-31-39)29-42(28-40)45-47-43(33-15-6-2-7-16-33)30-44(48-45)34-17-8-3-9-18-34/h1-31H. The summed E-state index contributed by atoms with van der Waals surface area (Å²) in [4.78, 5) is 14.6. The minimum atomic E-state index is 0.689. The average molecular weight is 614 g/mol. The fraction of sp³-hybridized carbons (Fsp3) is 0. The highest BCUT2D eigenvalue weighted by Crippen LogP contribution is 2.36. The van der Waals surface area contributed by atoms with Gasteiger partial charge in [0, 0.05) is 34.6 Å². The molecule has 0 saturated carbocycles. The summed E-state index contributed by atoms with van der Waals surface area (Å²) in [6.07, 6.45) is 3.71. The molecule has 6 aromatic carbocycles. The summed E-state index contributed by atoms with van der Waals surface area (Å²) >= 11 is 0. The van der Waals surface area contributed by atoms with Crippen molar-refractivity contribution in [2.75, 3.05) is 0 Å². The molecule has 0 amide bonds. The molecule has 0 bridgehead atoms.